The van der Waals surface area contributed by atoms with Crippen molar-refractivity contribution in [2.75, 3.05) is 6.54 Å². The molecule has 3 heteroatoms. The molecule has 3 aliphatic carbocycles. The highest BCUT2D eigenvalue weighted by molar-refractivity contribution is 9.11. The molecule has 3 fully saturated rings. The van der Waals surface area contributed by atoms with Crippen LogP contribution in [-0.2, 0) is 6.42 Å². The normalized spacial score (nSPS) is 39.9. The number of fused-ring (bicyclic) bond motifs is 5. The summed E-state index contributed by atoms with van der Waals surface area (Å²) in [4.78, 5) is 1.50. The third kappa shape index (κ3) is 2.32. The molecule has 104 valence electrons. The zero-order valence-electron chi connectivity index (χ0n) is 11.3. The number of hydrogen-bond acceptors (Lipinski definition) is 2. The van der Waals surface area contributed by atoms with Crippen LogP contribution in [0, 0.1) is 23.7 Å². The van der Waals surface area contributed by atoms with Crippen LogP contribution in [0.15, 0.2) is 15.9 Å². The van der Waals surface area contributed by atoms with Gasteiger partial charge in [-0.25, -0.2) is 0 Å². The lowest BCUT2D eigenvalue weighted by atomic mass is 9.79. The van der Waals surface area contributed by atoms with E-state index in [0.717, 1.165) is 36.3 Å². The maximum Gasteiger partial charge on any atom is 0.0701 e. The molecule has 5 atom stereocenters. The summed E-state index contributed by atoms with van der Waals surface area (Å²) in [6.45, 7) is 1.16. The SMILES string of the molecule is Brc1ccc(CCNC2CC3CC2C2CCCC32)s1. The minimum Gasteiger partial charge on any atom is -0.313 e. The molecule has 5 unspecified atom stereocenters. The minimum atomic E-state index is 0.841. The number of thiophene rings is 1. The van der Waals surface area contributed by atoms with Crippen LogP contribution in [0.3, 0.4) is 0 Å². The van der Waals surface area contributed by atoms with E-state index in [0.29, 0.717) is 0 Å². The van der Waals surface area contributed by atoms with E-state index in [2.05, 4.69) is 33.4 Å². The average molecular weight is 340 g/mol. The van der Waals surface area contributed by atoms with E-state index in [4.69, 9.17) is 0 Å². The molecule has 0 saturated heterocycles. The molecular formula is C16H22BrNS. The minimum absolute atomic E-state index is 0.841. The first-order valence-corrected chi connectivity index (χ1v) is 9.40. The predicted molar refractivity (Wildman–Crippen MR) is 84.6 cm³/mol. The zero-order chi connectivity index (χ0) is 12.8. The lowest BCUT2D eigenvalue weighted by molar-refractivity contribution is 0.209. The fraction of sp³-hybridized carbons (Fsp3) is 0.750. The summed E-state index contributed by atoms with van der Waals surface area (Å²) >= 11 is 5.42. The largest absolute Gasteiger partial charge is 0.313 e. The number of hydrogen-bond donors (Lipinski definition) is 1. The second kappa shape index (κ2) is 5.16. The molecule has 3 aliphatic rings. The summed E-state index contributed by atoms with van der Waals surface area (Å²) in [6.07, 6.45) is 8.79. The quantitative estimate of drug-likeness (QED) is 0.853. The maximum absolute atomic E-state index is 3.87. The van der Waals surface area contributed by atoms with Crippen LogP contribution >= 0.6 is 27.3 Å². The van der Waals surface area contributed by atoms with Gasteiger partial charge in [-0.15, -0.1) is 11.3 Å². The van der Waals surface area contributed by atoms with Crippen molar-refractivity contribution in [3.63, 3.8) is 0 Å². The topological polar surface area (TPSA) is 12.0 Å². The van der Waals surface area contributed by atoms with Gasteiger partial charge in [0.2, 0.25) is 0 Å². The molecule has 19 heavy (non-hydrogen) atoms. The van der Waals surface area contributed by atoms with Crippen molar-refractivity contribution in [1.29, 1.82) is 0 Å². The molecule has 4 rings (SSSR count). The standard InChI is InChI=1S/C16H22BrNS/c17-16-5-4-11(19-16)6-7-18-15-9-10-8-14(15)13-3-1-2-12(10)13/h4-5,10,12-15,18H,1-3,6-9H2. The van der Waals surface area contributed by atoms with Crippen LogP contribution < -0.4 is 5.32 Å². The molecule has 0 aliphatic heterocycles. The molecule has 1 aromatic rings. The molecule has 0 spiro atoms. The highest BCUT2D eigenvalue weighted by Crippen LogP contribution is 2.58. The Hall–Kier alpha value is 0.140. The molecule has 1 aromatic heterocycles. The monoisotopic (exact) mass is 339 g/mol. The van der Waals surface area contributed by atoms with Crippen LogP contribution in [0.25, 0.3) is 0 Å². The van der Waals surface area contributed by atoms with Crippen molar-refractivity contribution < 1.29 is 0 Å². The third-order valence-electron chi connectivity index (χ3n) is 5.84. The molecule has 2 bridgehead atoms. The van der Waals surface area contributed by atoms with Crippen molar-refractivity contribution in [3.05, 3.63) is 20.8 Å². The Labute approximate surface area is 128 Å². The van der Waals surface area contributed by atoms with Gasteiger partial charge in [0.05, 0.1) is 3.79 Å². The highest BCUT2D eigenvalue weighted by atomic mass is 79.9. The van der Waals surface area contributed by atoms with E-state index in [-0.39, 0.29) is 0 Å². The van der Waals surface area contributed by atoms with Gasteiger partial charge in [0.25, 0.3) is 0 Å². The Morgan fingerprint density at radius 2 is 2.05 bits per heavy atom. The van der Waals surface area contributed by atoms with Crippen molar-refractivity contribution in [1.82, 2.24) is 5.32 Å². The first-order valence-electron chi connectivity index (χ1n) is 7.79. The zero-order valence-corrected chi connectivity index (χ0v) is 13.7. The smallest absolute Gasteiger partial charge is 0.0701 e. The van der Waals surface area contributed by atoms with Crippen molar-refractivity contribution >= 4 is 27.3 Å². The van der Waals surface area contributed by atoms with E-state index in [1.165, 1.54) is 40.8 Å². The first-order chi connectivity index (χ1) is 9.31. The lowest BCUT2D eigenvalue weighted by Gasteiger charge is -2.32. The van der Waals surface area contributed by atoms with Crippen LogP contribution in [-0.4, -0.2) is 12.6 Å². The summed E-state index contributed by atoms with van der Waals surface area (Å²) in [6, 6.07) is 5.26. The molecule has 1 N–H and O–H groups in total. The van der Waals surface area contributed by atoms with Crippen molar-refractivity contribution in [3.8, 4) is 0 Å². The summed E-state index contributed by atoms with van der Waals surface area (Å²) in [5, 5.41) is 3.87. The van der Waals surface area contributed by atoms with Crippen LogP contribution in [0.5, 0.6) is 0 Å². The molecule has 1 heterocycles. The number of rotatable bonds is 4. The predicted octanol–water partition coefficient (Wildman–Crippen LogP) is 4.47. The van der Waals surface area contributed by atoms with E-state index >= 15 is 0 Å². The van der Waals surface area contributed by atoms with E-state index in [9.17, 15) is 0 Å². The van der Waals surface area contributed by atoms with Crippen molar-refractivity contribution in [2.24, 2.45) is 23.7 Å². The number of halogens is 1. The fourth-order valence-corrected chi connectivity index (χ4v) is 6.65. The van der Waals surface area contributed by atoms with Gasteiger partial charge in [0.1, 0.15) is 0 Å². The Morgan fingerprint density at radius 3 is 2.89 bits per heavy atom. The van der Waals surface area contributed by atoms with Gasteiger partial charge in [-0.2, -0.15) is 0 Å². The fourth-order valence-electron chi connectivity index (χ4n) is 5.17. The molecule has 0 amide bonds. The summed E-state index contributed by atoms with van der Waals surface area (Å²) in [5.41, 5.74) is 0. The lowest BCUT2D eigenvalue weighted by Crippen LogP contribution is -2.40. The van der Waals surface area contributed by atoms with Crippen LogP contribution in [0.1, 0.15) is 37.0 Å². The average Bonchev–Trinajstić information content (AvgIpc) is 3.09. The first kappa shape index (κ1) is 12.8. The molecule has 3 saturated carbocycles. The summed E-state index contributed by atoms with van der Waals surface area (Å²) < 4.78 is 1.26. The van der Waals surface area contributed by atoms with Gasteiger partial charge in [-0.1, -0.05) is 6.42 Å². The summed E-state index contributed by atoms with van der Waals surface area (Å²) in [7, 11) is 0. The van der Waals surface area contributed by atoms with Gasteiger partial charge in [0, 0.05) is 17.5 Å². The molecule has 0 aromatic carbocycles. The van der Waals surface area contributed by atoms with Gasteiger partial charge < -0.3 is 5.32 Å². The Kier molecular flexibility index (Phi) is 3.49. The second-order valence-electron chi connectivity index (χ2n) is 6.67. The molecule has 1 nitrogen and oxygen atoms in total. The van der Waals surface area contributed by atoms with Gasteiger partial charge in [0.15, 0.2) is 0 Å². The second-order valence-corrected chi connectivity index (χ2v) is 9.22. The Bertz CT molecular complexity index is 457. The maximum atomic E-state index is 3.87. The van der Waals surface area contributed by atoms with E-state index < -0.39 is 0 Å². The Balaban J connectivity index is 1.30. The van der Waals surface area contributed by atoms with E-state index in [1.54, 1.807) is 6.42 Å². The number of nitrogens with one attached hydrogen (secondary N) is 1. The van der Waals surface area contributed by atoms with Gasteiger partial charge in [-0.3, -0.25) is 0 Å². The van der Waals surface area contributed by atoms with E-state index in [1.807, 2.05) is 11.3 Å². The molecule has 0 radical (unpaired) electrons. The van der Waals surface area contributed by atoms with Gasteiger partial charge >= 0.3 is 0 Å². The summed E-state index contributed by atoms with van der Waals surface area (Å²) in [5.74, 6) is 4.31. The Morgan fingerprint density at radius 1 is 1.16 bits per heavy atom. The third-order valence-corrected chi connectivity index (χ3v) is 7.52. The van der Waals surface area contributed by atoms with Crippen LogP contribution in [0.2, 0.25) is 0 Å². The molecular weight excluding hydrogens is 318 g/mol. The van der Waals surface area contributed by atoms with Crippen LogP contribution in [0.4, 0.5) is 0 Å². The highest BCUT2D eigenvalue weighted by Gasteiger charge is 2.53. The van der Waals surface area contributed by atoms with Gasteiger partial charge in [-0.05, 0) is 83.8 Å². The van der Waals surface area contributed by atoms with Crippen molar-refractivity contribution in [2.45, 2.75) is 44.6 Å².